The van der Waals surface area contributed by atoms with Gasteiger partial charge in [0.05, 0.1) is 19.0 Å². The van der Waals surface area contributed by atoms with E-state index >= 15 is 0 Å². The number of fused-ring (bicyclic) bond motifs is 1. The average Bonchev–Trinajstić information content (AvgIpc) is 2.99. The van der Waals surface area contributed by atoms with Crippen LogP contribution < -0.4 is 16.2 Å². The van der Waals surface area contributed by atoms with Crippen LogP contribution in [-0.4, -0.2) is 54.6 Å². The number of nitrogens with two attached hydrogens (primary N) is 2. The third kappa shape index (κ3) is 2.18. The molecule has 114 valence electrons. The van der Waals surface area contributed by atoms with Gasteiger partial charge >= 0.3 is 0 Å². The minimum absolute atomic E-state index is 0.00295. The SMILES string of the molecule is Nc1nc(N)c2ncn([C@@H]3O[C@H](CO)C(NS)C3O)c2n1. The van der Waals surface area contributed by atoms with E-state index in [0.29, 0.717) is 11.2 Å². The van der Waals surface area contributed by atoms with Gasteiger partial charge in [0, 0.05) is 0 Å². The molecule has 1 saturated heterocycles. The predicted octanol–water partition coefficient (Wildman–Crippen LogP) is -1.96. The Kier molecular flexibility index (Phi) is 3.59. The molecule has 0 aromatic carbocycles. The number of nitrogens with zero attached hydrogens (tertiary/aromatic N) is 4. The second-order valence-electron chi connectivity index (χ2n) is 4.68. The Labute approximate surface area is 124 Å². The van der Waals surface area contributed by atoms with Gasteiger partial charge < -0.3 is 26.4 Å². The van der Waals surface area contributed by atoms with E-state index in [4.69, 9.17) is 16.2 Å². The summed E-state index contributed by atoms with van der Waals surface area (Å²) in [6.45, 7) is -0.266. The molecule has 2 aromatic rings. The number of aromatic nitrogens is 4. The quantitative estimate of drug-likeness (QED) is 0.354. The van der Waals surface area contributed by atoms with Gasteiger partial charge in [0.25, 0.3) is 0 Å². The monoisotopic (exact) mass is 313 g/mol. The van der Waals surface area contributed by atoms with E-state index in [1.807, 2.05) is 0 Å². The molecule has 1 aliphatic heterocycles. The fraction of sp³-hybridized carbons (Fsp3) is 0.500. The molecule has 10 nitrogen and oxygen atoms in total. The van der Waals surface area contributed by atoms with Gasteiger partial charge in [0.1, 0.15) is 17.7 Å². The van der Waals surface area contributed by atoms with Crippen LogP contribution in [0.1, 0.15) is 6.23 Å². The number of ether oxygens (including phenoxy) is 1. The van der Waals surface area contributed by atoms with Crippen molar-refractivity contribution >= 4 is 35.7 Å². The summed E-state index contributed by atoms with van der Waals surface area (Å²) in [5, 5.41) is 19.6. The Morgan fingerprint density at radius 2 is 2.19 bits per heavy atom. The second kappa shape index (κ2) is 5.27. The Bertz CT molecular complexity index is 665. The van der Waals surface area contributed by atoms with Crippen LogP contribution in [0.15, 0.2) is 6.33 Å². The van der Waals surface area contributed by atoms with Crippen LogP contribution in [0.4, 0.5) is 11.8 Å². The van der Waals surface area contributed by atoms with Gasteiger partial charge in [-0.2, -0.15) is 9.97 Å². The van der Waals surface area contributed by atoms with E-state index in [9.17, 15) is 10.2 Å². The lowest BCUT2D eigenvalue weighted by atomic mass is 10.1. The van der Waals surface area contributed by atoms with Gasteiger partial charge in [-0.25, -0.2) is 4.98 Å². The molecule has 4 atom stereocenters. The molecule has 0 aliphatic carbocycles. The lowest BCUT2D eigenvalue weighted by molar-refractivity contribution is -0.0488. The number of thiol groups is 1. The molecule has 11 heteroatoms. The smallest absolute Gasteiger partial charge is 0.224 e. The van der Waals surface area contributed by atoms with Crippen molar-refractivity contribution < 1.29 is 14.9 Å². The Morgan fingerprint density at radius 3 is 2.81 bits per heavy atom. The number of aliphatic hydroxyl groups is 2. The van der Waals surface area contributed by atoms with Crippen LogP contribution in [0.5, 0.6) is 0 Å². The van der Waals surface area contributed by atoms with Crippen LogP contribution in [0.3, 0.4) is 0 Å². The fourth-order valence-electron chi connectivity index (χ4n) is 2.43. The van der Waals surface area contributed by atoms with Gasteiger partial charge in [-0.3, -0.25) is 9.29 Å². The standard InChI is InChI=1S/C10H15N7O3S/c11-7-5-8(15-10(12)14-7)17(2-13-5)9-6(19)4(16-21)3(1-18)20-9/h2-4,6,9,16,18-19,21H,1H2,(H4,11,12,14,15)/t3-,4?,6?,9-/m1/s1. The van der Waals surface area contributed by atoms with Crippen LogP contribution in [0.25, 0.3) is 11.2 Å². The van der Waals surface area contributed by atoms with Crippen molar-refractivity contribution in [2.45, 2.75) is 24.5 Å². The lowest BCUT2D eigenvalue weighted by Crippen LogP contribution is -2.41. The van der Waals surface area contributed by atoms with E-state index in [1.165, 1.54) is 10.9 Å². The van der Waals surface area contributed by atoms with Gasteiger partial charge in [0.2, 0.25) is 5.95 Å². The molecule has 2 unspecified atom stereocenters. The fourth-order valence-corrected chi connectivity index (χ4v) is 2.75. The van der Waals surface area contributed by atoms with Gasteiger partial charge in [0.15, 0.2) is 17.7 Å². The number of anilines is 2. The first-order chi connectivity index (χ1) is 10.1. The van der Waals surface area contributed by atoms with E-state index in [-0.39, 0.29) is 18.4 Å². The summed E-state index contributed by atoms with van der Waals surface area (Å²) >= 11 is 3.94. The number of nitrogen functional groups attached to an aromatic ring is 2. The average molecular weight is 313 g/mol. The molecule has 3 rings (SSSR count). The molecule has 2 aromatic heterocycles. The van der Waals surface area contributed by atoms with Crippen LogP contribution in [0, 0.1) is 0 Å². The van der Waals surface area contributed by atoms with Crippen LogP contribution in [-0.2, 0) is 4.74 Å². The third-order valence-electron chi connectivity index (χ3n) is 3.44. The van der Waals surface area contributed by atoms with Crippen molar-refractivity contribution in [3.05, 3.63) is 6.33 Å². The van der Waals surface area contributed by atoms with Crippen LogP contribution in [0.2, 0.25) is 0 Å². The number of aliphatic hydroxyl groups excluding tert-OH is 2. The third-order valence-corrected chi connectivity index (χ3v) is 3.74. The Hall–Kier alpha value is -1.66. The molecule has 1 aliphatic rings. The molecule has 0 radical (unpaired) electrons. The normalized spacial score (nSPS) is 29.3. The first-order valence-electron chi connectivity index (χ1n) is 6.16. The first kappa shape index (κ1) is 14.3. The van der Waals surface area contributed by atoms with Gasteiger partial charge in [-0.1, -0.05) is 12.8 Å². The molecule has 3 heterocycles. The summed E-state index contributed by atoms with van der Waals surface area (Å²) in [6.07, 6.45) is -0.949. The van der Waals surface area contributed by atoms with Crippen LogP contribution >= 0.6 is 12.8 Å². The summed E-state index contributed by atoms with van der Waals surface area (Å²) in [7, 11) is 0. The minimum atomic E-state index is -0.963. The molecule has 7 N–H and O–H groups in total. The predicted molar refractivity (Wildman–Crippen MR) is 77.1 cm³/mol. The zero-order chi connectivity index (χ0) is 15.1. The summed E-state index contributed by atoms with van der Waals surface area (Å²) in [6, 6.07) is -0.544. The van der Waals surface area contributed by atoms with Gasteiger partial charge in [-0.05, 0) is 0 Å². The maximum Gasteiger partial charge on any atom is 0.224 e. The number of imidazole rings is 1. The zero-order valence-corrected chi connectivity index (χ0v) is 11.7. The Balaban J connectivity index is 2.05. The molecule has 0 saturated carbocycles. The highest BCUT2D eigenvalue weighted by atomic mass is 32.1. The molecule has 0 amide bonds. The van der Waals surface area contributed by atoms with E-state index < -0.39 is 24.5 Å². The number of nitrogens with one attached hydrogen (secondary N) is 1. The van der Waals surface area contributed by atoms with Crippen molar-refractivity contribution in [1.29, 1.82) is 0 Å². The first-order valence-corrected chi connectivity index (χ1v) is 6.61. The molecule has 1 fully saturated rings. The summed E-state index contributed by atoms with van der Waals surface area (Å²) < 4.78 is 9.75. The second-order valence-corrected chi connectivity index (χ2v) is 4.94. The maximum absolute atomic E-state index is 10.3. The molecule has 0 spiro atoms. The number of hydrogen-bond acceptors (Lipinski definition) is 10. The molecule has 0 bridgehead atoms. The largest absolute Gasteiger partial charge is 0.394 e. The number of rotatable bonds is 3. The Morgan fingerprint density at radius 1 is 1.43 bits per heavy atom. The summed E-state index contributed by atoms with van der Waals surface area (Å²) in [5.41, 5.74) is 12.0. The van der Waals surface area contributed by atoms with Crippen molar-refractivity contribution in [1.82, 2.24) is 24.2 Å². The van der Waals surface area contributed by atoms with Crippen molar-refractivity contribution in [3.8, 4) is 0 Å². The molecular formula is C10H15N7O3S. The van der Waals surface area contributed by atoms with E-state index in [2.05, 4.69) is 32.5 Å². The zero-order valence-electron chi connectivity index (χ0n) is 10.8. The number of hydrogen-bond donors (Lipinski definition) is 6. The molecule has 21 heavy (non-hydrogen) atoms. The highest BCUT2D eigenvalue weighted by molar-refractivity contribution is 7.78. The summed E-state index contributed by atoms with van der Waals surface area (Å²) in [5.74, 6) is 0.142. The lowest BCUT2D eigenvalue weighted by Gasteiger charge is -2.18. The van der Waals surface area contributed by atoms with Crippen molar-refractivity contribution in [2.75, 3.05) is 18.1 Å². The topological polar surface area (TPSA) is 157 Å². The summed E-state index contributed by atoms with van der Waals surface area (Å²) in [4.78, 5) is 12.0. The van der Waals surface area contributed by atoms with Gasteiger partial charge in [-0.15, -0.1) is 0 Å². The molecular weight excluding hydrogens is 298 g/mol. The maximum atomic E-state index is 10.3. The highest BCUT2D eigenvalue weighted by Gasteiger charge is 2.44. The highest BCUT2D eigenvalue weighted by Crippen LogP contribution is 2.32. The van der Waals surface area contributed by atoms with Crippen molar-refractivity contribution in [3.63, 3.8) is 0 Å². The minimum Gasteiger partial charge on any atom is -0.394 e. The van der Waals surface area contributed by atoms with E-state index in [0.717, 1.165) is 0 Å². The van der Waals surface area contributed by atoms with E-state index in [1.54, 1.807) is 0 Å². The van der Waals surface area contributed by atoms with Crippen molar-refractivity contribution in [2.24, 2.45) is 0 Å².